The number of nitrogens with zero attached hydrogens (tertiary/aromatic N) is 2. The normalized spacial score (nSPS) is 47.2. The Morgan fingerprint density at radius 3 is 2.96 bits per heavy atom. The summed E-state index contributed by atoms with van der Waals surface area (Å²) in [5, 5.41) is 0. The van der Waals surface area contributed by atoms with Gasteiger partial charge in [0.1, 0.15) is 6.10 Å². The second-order valence-electron chi connectivity index (χ2n) is 8.47. The molecule has 6 rings (SSSR count). The third-order valence-corrected chi connectivity index (χ3v) is 8.08. The Morgan fingerprint density at radius 2 is 2.12 bits per heavy atom. The number of epoxide rings is 1. The largest absolute Gasteiger partial charge is 0.370 e. The molecule has 3 saturated heterocycles. The number of piperidine rings is 1. The van der Waals surface area contributed by atoms with Gasteiger partial charge in [-0.15, -0.1) is 0 Å². The molecule has 1 aromatic carbocycles. The molecule has 1 aromatic rings. The van der Waals surface area contributed by atoms with Gasteiger partial charge in [-0.2, -0.15) is 0 Å². The third-order valence-electron chi connectivity index (χ3n) is 8.08. The molecule has 24 heavy (non-hydrogen) atoms. The molecule has 6 unspecified atom stereocenters. The van der Waals surface area contributed by atoms with Crippen LogP contribution in [0.25, 0.3) is 0 Å². The van der Waals surface area contributed by atoms with Crippen LogP contribution in [0.5, 0.6) is 0 Å². The van der Waals surface area contributed by atoms with Crippen molar-refractivity contribution in [3.05, 3.63) is 29.8 Å². The highest BCUT2D eigenvalue weighted by molar-refractivity contribution is 5.87. The first-order valence-corrected chi connectivity index (χ1v) is 9.43. The van der Waals surface area contributed by atoms with Gasteiger partial charge in [-0.1, -0.05) is 25.1 Å². The van der Waals surface area contributed by atoms with Crippen LogP contribution in [0, 0.1) is 5.41 Å². The van der Waals surface area contributed by atoms with Gasteiger partial charge in [0, 0.05) is 36.2 Å². The predicted molar refractivity (Wildman–Crippen MR) is 91.0 cm³/mol. The summed E-state index contributed by atoms with van der Waals surface area (Å²) in [5.74, 6) is 0.263. The van der Waals surface area contributed by atoms with Gasteiger partial charge in [-0.25, -0.2) is 0 Å². The van der Waals surface area contributed by atoms with Crippen LogP contribution in [0.4, 0.5) is 5.69 Å². The van der Waals surface area contributed by atoms with Crippen LogP contribution in [-0.4, -0.2) is 48.7 Å². The molecule has 4 heterocycles. The Hall–Kier alpha value is -1.55. The standard InChI is InChI=1S/C20H24N2O2/c1-3-19-9-8-14-20(12-6-4-5-7-13(12)21(14)2)10-11-22(18(19)20)17(23)15-16(19)24-15/h4-7,14-16,18H,3,8-11H2,1-2H3. The number of hydrogen-bond acceptors (Lipinski definition) is 3. The molecule has 4 heteroatoms. The number of carbonyl (C=O) groups is 1. The average Bonchev–Trinajstić information content (AvgIpc) is 3.27. The lowest BCUT2D eigenvalue weighted by atomic mass is 9.52. The van der Waals surface area contributed by atoms with Gasteiger partial charge in [-0.3, -0.25) is 4.79 Å². The summed E-state index contributed by atoms with van der Waals surface area (Å²) in [5.41, 5.74) is 3.12. The minimum atomic E-state index is -0.137. The molecule has 1 aliphatic carbocycles. The van der Waals surface area contributed by atoms with E-state index in [4.69, 9.17) is 4.74 Å². The molecule has 6 atom stereocenters. The number of likely N-dealkylation sites (N-methyl/N-ethyl adjacent to an activating group) is 1. The van der Waals surface area contributed by atoms with Crippen molar-refractivity contribution in [1.82, 2.24) is 4.90 Å². The van der Waals surface area contributed by atoms with Gasteiger partial charge in [0.15, 0.2) is 6.10 Å². The van der Waals surface area contributed by atoms with E-state index >= 15 is 0 Å². The fourth-order valence-corrected chi connectivity index (χ4v) is 7.17. The zero-order valence-corrected chi connectivity index (χ0v) is 14.4. The summed E-state index contributed by atoms with van der Waals surface area (Å²) >= 11 is 0. The number of para-hydroxylation sites is 1. The summed E-state index contributed by atoms with van der Waals surface area (Å²) in [7, 11) is 2.25. The van der Waals surface area contributed by atoms with E-state index in [0.29, 0.717) is 12.1 Å². The molecular weight excluding hydrogens is 300 g/mol. The van der Waals surface area contributed by atoms with Crippen LogP contribution in [0.15, 0.2) is 24.3 Å². The van der Waals surface area contributed by atoms with Crippen LogP contribution in [0.2, 0.25) is 0 Å². The Kier molecular flexibility index (Phi) is 2.28. The van der Waals surface area contributed by atoms with Crippen molar-refractivity contribution in [2.45, 2.75) is 62.3 Å². The third kappa shape index (κ3) is 1.20. The van der Waals surface area contributed by atoms with Gasteiger partial charge in [0.2, 0.25) is 0 Å². The van der Waals surface area contributed by atoms with Crippen molar-refractivity contribution >= 4 is 11.6 Å². The highest BCUT2D eigenvalue weighted by atomic mass is 16.6. The van der Waals surface area contributed by atoms with E-state index < -0.39 is 0 Å². The summed E-state index contributed by atoms with van der Waals surface area (Å²) in [6, 6.07) is 9.75. The molecule has 4 fully saturated rings. The number of amides is 1. The number of anilines is 1. The lowest BCUT2D eigenvalue weighted by molar-refractivity contribution is -0.141. The summed E-state index contributed by atoms with van der Waals surface area (Å²) in [4.78, 5) is 17.6. The smallest absolute Gasteiger partial charge is 0.254 e. The molecule has 1 saturated carbocycles. The van der Waals surface area contributed by atoms with E-state index in [2.05, 4.69) is 48.0 Å². The summed E-state index contributed by atoms with van der Waals surface area (Å²) < 4.78 is 5.96. The van der Waals surface area contributed by atoms with Crippen molar-refractivity contribution < 1.29 is 9.53 Å². The number of benzene rings is 1. The van der Waals surface area contributed by atoms with Crippen molar-refractivity contribution in [1.29, 1.82) is 0 Å². The van der Waals surface area contributed by atoms with Crippen LogP contribution >= 0.6 is 0 Å². The van der Waals surface area contributed by atoms with Gasteiger partial charge in [0.25, 0.3) is 5.91 Å². The highest BCUT2D eigenvalue weighted by Gasteiger charge is 2.76. The summed E-state index contributed by atoms with van der Waals surface area (Å²) in [6.07, 6.45) is 4.65. The second-order valence-corrected chi connectivity index (χ2v) is 8.47. The van der Waals surface area contributed by atoms with E-state index in [1.165, 1.54) is 24.1 Å². The van der Waals surface area contributed by atoms with Crippen LogP contribution in [0.1, 0.15) is 38.2 Å². The minimum absolute atomic E-state index is 0.103. The van der Waals surface area contributed by atoms with Crippen LogP contribution in [-0.2, 0) is 14.9 Å². The van der Waals surface area contributed by atoms with E-state index in [0.717, 1.165) is 19.4 Å². The topological polar surface area (TPSA) is 36.1 Å². The first kappa shape index (κ1) is 13.7. The quantitative estimate of drug-likeness (QED) is 0.744. The second kappa shape index (κ2) is 3.98. The minimum Gasteiger partial charge on any atom is -0.370 e. The SMILES string of the molecule is CCC12CCC3N(C)c4ccccc4C34CCN(C(=O)C3OC31)C24. The molecule has 0 N–H and O–H groups in total. The number of hydrogen-bond donors (Lipinski definition) is 0. The Balaban J connectivity index is 1.62. The maximum atomic E-state index is 12.9. The molecular formula is C20H24N2O2. The van der Waals surface area contributed by atoms with Gasteiger partial charge in [0.05, 0.1) is 6.04 Å². The first-order chi connectivity index (χ1) is 11.6. The average molecular weight is 324 g/mol. The Labute approximate surface area is 142 Å². The van der Waals surface area contributed by atoms with Gasteiger partial charge in [-0.05, 0) is 37.3 Å². The van der Waals surface area contributed by atoms with Gasteiger partial charge >= 0.3 is 0 Å². The lowest BCUT2D eigenvalue weighted by Gasteiger charge is -2.56. The van der Waals surface area contributed by atoms with Crippen molar-refractivity contribution in [2.24, 2.45) is 5.41 Å². The number of ether oxygens (including phenoxy) is 1. The molecule has 0 bridgehead atoms. The maximum absolute atomic E-state index is 12.9. The van der Waals surface area contributed by atoms with E-state index in [9.17, 15) is 4.79 Å². The molecule has 126 valence electrons. The maximum Gasteiger partial charge on any atom is 0.254 e. The van der Waals surface area contributed by atoms with Crippen molar-refractivity contribution in [3.8, 4) is 0 Å². The molecule has 1 amide bonds. The molecule has 4 aliphatic heterocycles. The fourth-order valence-electron chi connectivity index (χ4n) is 7.17. The van der Waals surface area contributed by atoms with Gasteiger partial charge < -0.3 is 14.5 Å². The van der Waals surface area contributed by atoms with Crippen molar-refractivity contribution in [2.75, 3.05) is 18.5 Å². The number of fused-ring (bicyclic) bond motifs is 3. The molecule has 1 spiro atoms. The van der Waals surface area contributed by atoms with E-state index in [-0.39, 0.29) is 28.9 Å². The lowest BCUT2D eigenvalue weighted by Crippen LogP contribution is -2.67. The predicted octanol–water partition coefficient (Wildman–Crippen LogP) is 2.31. The van der Waals surface area contributed by atoms with Crippen molar-refractivity contribution in [3.63, 3.8) is 0 Å². The zero-order valence-electron chi connectivity index (χ0n) is 14.4. The fraction of sp³-hybridized carbons (Fsp3) is 0.650. The Morgan fingerprint density at radius 1 is 1.29 bits per heavy atom. The van der Waals surface area contributed by atoms with Crippen LogP contribution in [0.3, 0.4) is 0 Å². The zero-order chi connectivity index (χ0) is 16.3. The molecule has 4 nitrogen and oxygen atoms in total. The monoisotopic (exact) mass is 324 g/mol. The van der Waals surface area contributed by atoms with E-state index in [1.807, 2.05) is 0 Å². The highest BCUT2D eigenvalue weighted by Crippen LogP contribution is 2.68. The molecule has 0 aromatic heterocycles. The molecule has 5 aliphatic rings. The number of carbonyl (C=O) groups excluding carboxylic acids is 1. The summed E-state index contributed by atoms with van der Waals surface area (Å²) in [6.45, 7) is 3.21. The van der Waals surface area contributed by atoms with Crippen LogP contribution < -0.4 is 4.90 Å². The number of rotatable bonds is 1. The first-order valence-electron chi connectivity index (χ1n) is 9.43. The molecule has 0 radical (unpaired) electrons. The van der Waals surface area contributed by atoms with E-state index in [1.54, 1.807) is 0 Å². The Bertz CT molecular complexity index is 764.